The van der Waals surface area contributed by atoms with Crippen LogP contribution in [-0.4, -0.2) is 24.5 Å². The maximum absolute atomic E-state index is 4.55. The largest absolute Gasteiger partial charge is 0.346 e. The predicted molar refractivity (Wildman–Crippen MR) is 87.7 cm³/mol. The van der Waals surface area contributed by atoms with Gasteiger partial charge in [-0.3, -0.25) is 0 Å². The SMILES string of the molecule is Cc1nc2ncc(-c3c[nH]c4ncccc34)cc2n1C(C)C. The van der Waals surface area contributed by atoms with Crippen LogP contribution in [0.25, 0.3) is 33.3 Å². The van der Waals surface area contributed by atoms with E-state index in [0.717, 1.165) is 39.1 Å². The first kappa shape index (κ1) is 13.0. The number of aromatic nitrogens is 5. The second-order valence-corrected chi connectivity index (χ2v) is 5.79. The van der Waals surface area contributed by atoms with Gasteiger partial charge >= 0.3 is 0 Å². The number of H-pyrrole nitrogens is 1. The van der Waals surface area contributed by atoms with Crippen LogP contribution in [0.1, 0.15) is 25.7 Å². The first-order valence-corrected chi connectivity index (χ1v) is 7.42. The molecule has 5 heteroatoms. The molecule has 0 saturated carbocycles. The van der Waals surface area contributed by atoms with E-state index in [2.05, 4.69) is 50.5 Å². The molecule has 0 saturated heterocycles. The lowest BCUT2D eigenvalue weighted by Gasteiger charge is -2.10. The van der Waals surface area contributed by atoms with E-state index in [-0.39, 0.29) is 0 Å². The van der Waals surface area contributed by atoms with Gasteiger partial charge in [-0.2, -0.15) is 0 Å². The van der Waals surface area contributed by atoms with E-state index in [4.69, 9.17) is 0 Å². The van der Waals surface area contributed by atoms with Crippen molar-refractivity contribution in [3.63, 3.8) is 0 Å². The average Bonchev–Trinajstić information content (AvgIpc) is 3.06. The van der Waals surface area contributed by atoms with Gasteiger partial charge in [-0.25, -0.2) is 15.0 Å². The number of aryl methyl sites for hydroxylation is 1. The van der Waals surface area contributed by atoms with Crippen LogP contribution in [0.5, 0.6) is 0 Å². The summed E-state index contributed by atoms with van der Waals surface area (Å²) in [6.07, 6.45) is 5.67. The highest BCUT2D eigenvalue weighted by molar-refractivity contribution is 5.94. The second-order valence-electron chi connectivity index (χ2n) is 5.79. The van der Waals surface area contributed by atoms with Crippen LogP contribution < -0.4 is 0 Å². The molecule has 22 heavy (non-hydrogen) atoms. The molecule has 4 rings (SSSR count). The molecule has 1 N–H and O–H groups in total. The molecule has 4 aromatic heterocycles. The Morgan fingerprint density at radius 2 is 2.09 bits per heavy atom. The van der Waals surface area contributed by atoms with Gasteiger partial charge in [0, 0.05) is 41.1 Å². The Kier molecular flexibility index (Phi) is 2.76. The van der Waals surface area contributed by atoms with Crippen LogP contribution in [0.2, 0.25) is 0 Å². The summed E-state index contributed by atoms with van der Waals surface area (Å²) in [7, 11) is 0. The molecule has 4 heterocycles. The fraction of sp³-hybridized carbons (Fsp3) is 0.235. The molecule has 0 atom stereocenters. The Morgan fingerprint density at radius 3 is 2.91 bits per heavy atom. The molecule has 110 valence electrons. The van der Waals surface area contributed by atoms with Crippen molar-refractivity contribution in [3.05, 3.63) is 42.6 Å². The van der Waals surface area contributed by atoms with E-state index in [1.165, 1.54) is 0 Å². The first-order valence-electron chi connectivity index (χ1n) is 7.42. The number of hydrogen-bond acceptors (Lipinski definition) is 3. The van der Waals surface area contributed by atoms with Crippen LogP contribution in [-0.2, 0) is 0 Å². The van der Waals surface area contributed by atoms with E-state index in [0.29, 0.717) is 6.04 Å². The fourth-order valence-corrected chi connectivity index (χ4v) is 3.08. The van der Waals surface area contributed by atoms with Crippen LogP contribution in [0, 0.1) is 6.92 Å². The van der Waals surface area contributed by atoms with Crippen molar-refractivity contribution in [2.45, 2.75) is 26.8 Å². The van der Waals surface area contributed by atoms with Crippen molar-refractivity contribution in [2.24, 2.45) is 0 Å². The Hall–Kier alpha value is -2.69. The zero-order valence-corrected chi connectivity index (χ0v) is 12.8. The number of rotatable bonds is 2. The lowest BCUT2D eigenvalue weighted by molar-refractivity contribution is 0.600. The summed E-state index contributed by atoms with van der Waals surface area (Å²) in [5, 5.41) is 1.11. The van der Waals surface area contributed by atoms with E-state index in [1.807, 2.05) is 25.4 Å². The molecule has 5 nitrogen and oxygen atoms in total. The van der Waals surface area contributed by atoms with Gasteiger partial charge in [0.1, 0.15) is 11.5 Å². The Bertz CT molecular complexity index is 977. The third kappa shape index (κ3) is 1.82. The minimum atomic E-state index is 0.353. The van der Waals surface area contributed by atoms with Crippen LogP contribution in [0.15, 0.2) is 36.8 Å². The van der Waals surface area contributed by atoms with Crippen molar-refractivity contribution in [3.8, 4) is 11.1 Å². The number of imidazole rings is 1. The zero-order chi connectivity index (χ0) is 15.3. The van der Waals surface area contributed by atoms with Crippen molar-refractivity contribution < 1.29 is 0 Å². The Labute approximate surface area is 128 Å². The summed E-state index contributed by atoms with van der Waals surface area (Å²) in [4.78, 5) is 16.7. The topological polar surface area (TPSA) is 59.4 Å². The highest BCUT2D eigenvalue weighted by Crippen LogP contribution is 2.30. The average molecular weight is 291 g/mol. The van der Waals surface area contributed by atoms with Crippen LogP contribution in [0.3, 0.4) is 0 Å². The van der Waals surface area contributed by atoms with Crippen molar-refractivity contribution in [1.82, 2.24) is 24.5 Å². The molecule has 0 aliphatic carbocycles. The Balaban J connectivity index is 1.98. The van der Waals surface area contributed by atoms with Crippen molar-refractivity contribution >= 4 is 22.2 Å². The monoisotopic (exact) mass is 291 g/mol. The van der Waals surface area contributed by atoms with Gasteiger partial charge in [-0.05, 0) is 39.0 Å². The number of aromatic amines is 1. The molecule has 0 fully saturated rings. The number of nitrogens with zero attached hydrogens (tertiary/aromatic N) is 4. The van der Waals surface area contributed by atoms with E-state index < -0.39 is 0 Å². The lowest BCUT2D eigenvalue weighted by atomic mass is 10.1. The van der Waals surface area contributed by atoms with Gasteiger partial charge in [-0.15, -0.1) is 0 Å². The third-order valence-electron chi connectivity index (χ3n) is 4.00. The minimum Gasteiger partial charge on any atom is -0.346 e. The van der Waals surface area contributed by atoms with E-state index in [9.17, 15) is 0 Å². The van der Waals surface area contributed by atoms with Crippen molar-refractivity contribution in [2.75, 3.05) is 0 Å². The van der Waals surface area contributed by atoms with Crippen LogP contribution in [0.4, 0.5) is 0 Å². The number of hydrogen-bond donors (Lipinski definition) is 1. The summed E-state index contributed by atoms with van der Waals surface area (Å²) in [5.41, 5.74) is 4.96. The molecule has 0 radical (unpaired) electrons. The normalized spacial score (nSPS) is 11.8. The molecule has 0 amide bonds. The summed E-state index contributed by atoms with van der Waals surface area (Å²) >= 11 is 0. The molecule has 0 aromatic carbocycles. The highest BCUT2D eigenvalue weighted by atomic mass is 15.1. The maximum atomic E-state index is 4.55. The van der Waals surface area contributed by atoms with Gasteiger partial charge in [0.25, 0.3) is 0 Å². The molecule has 0 bridgehead atoms. The minimum absolute atomic E-state index is 0.353. The van der Waals surface area contributed by atoms with E-state index >= 15 is 0 Å². The summed E-state index contributed by atoms with van der Waals surface area (Å²) < 4.78 is 2.22. The second kappa shape index (κ2) is 4.66. The standard InChI is InChI=1S/C17H17N5/c1-10(2)22-11(3)21-17-15(22)7-12(8-19-17)14-9-20-16-13(14)5-4-6-18-16/h4-10H,1-3H3,(H,18,20). The molecular formula is C17H17N5. The quantitative estimate of drug-likeness (QED) is 0.610. The summed E-state index contributed by atoms with van der Waals surface area (Å²) in [5.74, 6) is 0.996. The van der Waals surface area contributed by atoms with Crippen molar-refractivity contribution in [1.29, 1.82) is 0 Å². The van der Waals surface area contributed by atoms with Gasteiger partial charge in [0.05, 0.1) is 5.52 Å². The molecule has 0 aliphatic rings. The predicted octanol–water partition coefficient (Wildman–Crippen LogP) is 3.86. The molecule has 0 spiro atoms. The van der Waals surface area contributed by atoms with Gasteiger partial charge < -0.3 is 9.55 Å². The molecular weight excluding hydrogens is 274 g/mol. The zero-order valence-electron chi connectivity index (χ0n) is 12.8. The molecule has 0 aliphatic heterocycles. The van der Waals surface area contributed by atoms with Gasteiger partial charge in [0.2, 0.25) is 0 Å². The summed E-state index contributed by atoms with van der Waals surface area (Å²) in [6.45, 7) is 6.35. The lowest BCUT2D eigenvalue weighted by Crippen LogP contribution is -2.02. The van der Waals surface area contributed by atoms with Crippen LogP contribution >= 0.6 is 0 Å². The number of pyridine rings is 2. The van der Waals surface area contributed by atoms with Gasteiger partial charge in [0.15, 0.2) is 5.65 Å². The molecule has 0 unspecified atom stereocenters. The molecule has 4 aromatic rings. The highest BCUT2D eigenvalue weighted by Gasteiger charge is 2.14. The third-order valence-corrected chi connectivity index (χ3v) is 4.00. The smallest absolute Gasteiger partial charge is 0.177 e. The first-order chi connectivity index (χ1) is 10.6. The Morgan fingerprint density at radius 1 is 1.23 bits per heavy atom. The number of fused-ring (bicyclic) bond motifs is 2. The maximum Gasteiger partial charge on any atom is 0.177 e. The van der Waals surface area contributed by atoms with E-state index in [1.54, 1.807) is 6.20 Å². The summed E-state index contributed by atoms with van der Waals surface area (Å²) in [6, 6.07) is 6.54. The fourth-order valence-electron chi connectivity index (χ4n) is 3.08. The van der Waals surface area contributed by atoms with Gasteiger partial charge in [-0.1, -0.05) is 0 Å². The number of nitrogens with one attached hydrogen (secondary N) is 1.